The van der Waals surface area contributed by atoms with Crippen molar-refractivity contribution in [2.45, 2.75) is 38.3 Å². The first kappa shape index (κ1) is 21.3. The molecular weight excluding hydrogens is 455 g/mol. The Hall–Kier alpha value is -3.27. The molecule has 1 saturated heterocycles. The molecule has 0 radical (unpaired) electrons. The Morgan fingerprint density at radius 1 is 1.32 bits per heavy atom. The molecule has 2 aliphatic rings. The topological polar surface area (TPSA) is 96.0 Å². The van der Waals surface area contributed by atoms with E-state index >= 15 is 0 Å². The minimum Gasteiger partial charge on any atom is -0.494 e. The fraction of sp³-hybridized carbons (Fsp3) is 0.417. The highest BCUT2D eigenvalue weighted by Gasteiger charge is 2.33. The second-order valence-electron chi connectivity index (χ2n) is 9.00. The number of likely N-dealkylation sites (tertiary alicyclic amines) is 1. The molecule has 2 N–H and O–H groups in total. The quantitative estimate of drug-likeness (QED) is 0.450. The zero-order valence-corrected chi connectivity index (χ0v) is 19.6. The van der Waals surface area contributed by atoms with Crippen LogP contribution in [0.2, 0.25) is 0 Å². The van der Waals surface area contributed by atoms with E-state index in [1.807, 2.05) is 12.1 Å². The largest absolute Gasteiger partial charge is 0.494 e. The smallest absolute Gasteiger partial charge is 0.226 e. The number of thiophene rings is 1. The number of amides is 1. The van der Waals surface area contributed by atoms with E-state index in [1.54, 1.807) is 35.9 Å². The van der Waals surface area contributed by atoms with Crippen molar-refractivity contribution in [2.24, 2.45) is 5.92 Å². The summed E-state index contributed by atoms with van der Waals surface area (Å²) in [4.78, 5) is 26.0. The molecule has 2 atom stereocenters. The number of carbonyl (C=O) groups is 1. The number of rotatable bonds is 4. The van der Waals surface area contributed by atoms with Gasteiger partial charge in [-0.3, -0.25) is 9.89 Å². The number of methoxy groups -OCH3 is 1. The zero-order chi connectivity index (χ0) is 23.2. The van der Waals surface area contributed by atoms with Crippen LogP contribution in [-0.4, -0.2) is 57.3 Å². The second-order valence-corrected chi connectivity index (χ2v) is 10.1. The van der Waals surface area contributed by atoms with Crippen LogP contribution in [0.4, 0.5) is 15.9 Å². The van der Waals surface area contributed by atoms with E-state index < -0.39 is 6.17 Å². The van der Waals surface area contributed by atoms with Gasteiger partial charge in [0.15, 0.2) is 0 Å². The summed E-state index contributed by atoms with van der Waals surface area (Å²) in [5, 5.41) is 12.5. The molecule has 1 amide bonds. The van der Waals surface area contributed by atoms with Gasteiger partial charge < -0.3 is 15.0 Å². The number of hydrogen-bond acceptors (Lipinski definition) is 7. The van der Waals surface area contributed by atoms with Crippen molar-refractivity contribution in [3.05, 3.63) is 35.1 Å². The highest BCUT2D eigenvalue weighted by Crippen LogP contribution is 2.42. The Bertz CT molecular complexity index is 1380. The number of aromatic nitrogens is 4. The summed E-state index contributed by atoms with van der Waals surface area (Å²) in [6.45, 7) is 0.897. The van der Waals surface area contributed by atoms with Gasteiger partial charge in [-0.05, 0) is 43.7 Å². The molecule has 1 unspecified atom stereocenters. The van der Waals surface area contributed by atoms with Crippen molar-refractivity contribution in [2.75, 3.05) is 25.5 Å². The molecule has 34 heavy (non-hydrogen) atoms. The van der Waals surface area contributed by atoms with Crippen LogP contribution in [0.3, 0.4) is 0 Å². The average molecular weight is 481 g/mol. The highest BCUT2D eigenvalue weighted by molar-refractivity contribution is 7.19. The van der Waals surface area contributed by atoms with Crippen molar-refractivity contribution in [1.82, 2.24) is 25.1 Å². The van der Waals surface area contributed by atoms with Crippen LogP contribution in [0.25, 0.3) is 21.1 Å². The van der Waals surface area contributed by atoms with Gasteiger partial charge >= 0.3 is 0 Å². The first-order valence-corrected chi connectivity index (χ1v) is 12.4. The maximum atomic E-state index is 13.9. The van der Waals surface area contributed by atoms with Gasteiger partial charge in [-0.15, -0.1) is 11.3 Å². The van der Waals surface area contributed by atoms with E-state index in [2.05, 4.69) is 25.5 Å². The summed E-state index contributed by atoms with van der Waals surface area (Å²) in [5.41, 5.74) is 2.90. The van der Waals surface area contributed by atoms with Crippen molar-refractivity contribution in [3.63, 3.8) is 0 Å². The Morgan fingerprint density at radius 3 is 3.09 bits per heavy atom. The number of anilines is 2. The Balaban J connectivity index is 1.31. The molecule has 6 rings (SSSR count). The number of nitrogens with zero attached hydrogens (tertiary/aromatic N) is 4. The molecule has 8 nitrogen and oxygen atoms in total. The third kappa shape index (κ3) is 3.66. The molecule has 3 aromatic heterocycles. The number of nitrogens with one attached hydrogen (secondary N) is 2. The third-order valence-corrected chi connectivity index (χ3v) is 8.05. The van der Waals surface area contributed by atoms with Crippen LogP contribution in [0, 0.1) is 5.92 Å². The lowest BCUT2D eigenvalue weighted by molar-refractivity contribution is -0.138. The van der Waals surface area contributed by atoms with Crippen LogP contribution in [0.1, 0.15) is 29.7 Å². The van der Waals surface area contributed by atoms with E-state index in [9.17, 15) is 9.18 Å². The van der Waals surface area contributed by atoms with Gasteiger partial charge in [-0.1, -0.05) is 0 Å². The normalized spacial score (nSPS) is 20.5. The molecule has 4 aromatic rings. The van der Waals surface area contributed by atoms with Gasteiger partial charge in [0, 0.05) is 28.8 Å². The van der Waals surface area contributed by atoms with Gasteiger partial charge in [0.1, 0.15) is 28.9 Å². The van der Waals surface area contributed by atoms with Crippen LogP contribution >= 0.6 is 11.3 Å². The Kier molecular flexibility index (Phi) is 5.32. The summed E-state index contributed by atoms with van der Waals surface area (Å²) < 4.78 is 19.4. The third-order valence-electron chi connectivity index (χ3n) is 6.88. The number of aromatic amines is 1. The average Bonchev–Trinajstić information content (AvgIpc) is 3.46. The minimum absolute atomic E-state index is 0.0908. The van der Waals surface area contributed by atoms with Crippen molar-refractivity contribution >= 4 is 49.9 Å². The summed E-state index contributed by atoms with van der Waals surface area (Å²) in [5.74, 6) is 1.41. The molecule has 0 bridgehead atoms. The molecule has 10 heteroatoms. The van der Waals surface area contributed by atoms with Crippen molar-refractivity contribution in [1.29, 1.82) is 0 Å². The number of hydrogen-bond donors (Lipinski definition) is 2. The molecular formula is C24H25FN6O2S. The van der Waals surface area contributed by atoms with E-state index in [1.165, 1.54) is 10.4 Å². The molecule has 0 spiro atoms. The van der Waals surface area contributed by atoms with Crippen molar-refractivity contribution in [3.8, 4) is 5.75 Å². The van der Waals surface area contributed by atoms with E-state index in [4.69, 9.17) is 4.74 Å². The summed E-state index contributed by atoms with van der Waals surface area (Å²) in [6.07, 6.45) is 5.94. The fourth-order valence-corrected chi connectivity index (χ4v) is 6.43. The van der Waals surface area contributed by atoms with E-state index in [-0.39, 0.29) is 18.4 Å². The lowest BCUT2D eigenvalue weighted by Crippen LogP contribution is -2.44. The number of fused-ring (bicyclic) bond motifs is 4. The van der Waals surface area contributed by atoms with Crippen LogP contribution < -0.4 is 10.1 Å². The maximum absolute atomic E-state index is 13.9. The summed E-state index contributed by atoms with van der Waals surface area (Å²) in [7, 11) is 1.63. The lowest BCUT2D eigenvalue weighted by atomic mass is 9.86. The number of H-pyrrole nitrogens is 1. The molecule has 176 valence electrons. The van der Waals surface area contributed by atoms with Crippen molar-refractivity contribution < 1.29 is 13.9 Å². The first-order chi connectivity index (χ1) is 16.6. The lowest BCUT2D eigenvalue weighted by Gasteiger charge is -2.33. The molecule has 1 fully saturated rings. The first-order valence-electron chi connectivity index (χ1n) is 11.6. The number of alkyl halides is 1. The fourth-order valence-electron chi connectivity index (χ4n) is 5.17. The summed E-state index contributed by atoms with van der Waals surface area (Å²) >= 11 is 1.62. The maximum Gasteiger partial charge on any atom is 0.226 e. The Morgan fingerprint density at radius 2 is 2.24 bits per heavy atom. The second kappa shape index (κ2) is 8.50. The number of aryl methyl sites for hydroxylation is 1. The molecule has 1 aromatic carbocycles. The van der Waals surface area contributed by atoms with E-state index in [0.717, 1.165) is 51.9 Å². The van der Waals surface area contributed by atoms with Gasteiger partial charge in [0.25, 0.3) is 0 Å². The number of piperidine rings is 1. The number of benzene rings is 1. The van der Waals surface area contributed by atoms with Crippen LogP contribution in [-0.2, 0) is 17.6 Å². The number of halogens is 1. The van der Waals surface area contributed by atoms with Crippen LogP contribution in [0.15, 0.2) is 24.7 Å². The predicted octanol–water partition coefficient (Wildman–Crippen LogP) is 4.39. The van der Waals surface area contributed by atoms with Gasteiger partial charge in [-0.25, -0.2) is 14.4 Å². The van der Waals surface area contributed by atoms with Gasteiger partial charge in [0.05, 0.1) is 36.4 Å². The van der Waals surface area contributed by atoms with Gasteiger partial charge in [0.2, 0.25) is 5.91 Å². The molecule has 0 saturated carbocycles. The SMILES string of the molecule is COc1cc2[nH]ncc2cc1Nc1ncnc2sc3c(c12)CC[C@H](C(=O)N1CCCC(F)C1)C3. The standard InChI is InChI=1S/C24H25FN6O2S/c1-33-19-9-17-14(10-28-30-17)7-18(19)29-22-21-16-5-4-13(8-20(16)34-23(21)27-12-26-22)24(32)31-6-2-3-15(25)11-31/h7,9-10,12-13,15H,2-6,8,11H2,1H3,(H,28,30)(H,26,27,29)/t13-,15?/m0/s1. The van der Waals surface area contributed by atoms with Gasteiger partial charge in [-0.2, -0.15) is 5.10 Å². The highest BCUT2D eigenvalue weighted by atomic mass is 32.1. The summed E-state index contributed by atoms with van der Waals surface area (Å²) in [6, 6.07) is 3.89. The minimum atomic E-state index is -0.900. The molecule has 1 aliphatic carbocycles. The predicted molar refractivity (Wildman–Crippen MR) is 130 cm³/mol. The Labute approximate surface area is 199 Å². The van der Waals surface area contributed by atoms with Crippen LogP contribution in [0.5, 0.6) is 5.75 Å². The molecule has 4 heterocycles. The molecule has 1 aliphatic heterocycles. The zero-order valence-electron chi connectivity index (χ0n) is 18.8. The number of ether oxygens (including phenoxy) is 1. The monoisotopic (exact) mass is 480 g/mol. The number of carbonyl (C=O) groups excluding carboxylic acids is 1. The van der Waals surface area contributed by atoms with E-state index in [0.29, 0.717) is 25.1 Å².